The molecule has 0 aromatic carbocycles. The summed E-state index contributed by atoms with van der Waals surface area (Å²) in [6, 6.07) is 0. The van der Waals surface area contributed by atoms with Crippen molar-refractivity contribution < 1.29 is 28.5 Å². The van der Waals surface area contributed by atoms with Crippen molar-refractivity contribution in [3.05, 3.63) is 12.0 Å². The average molecular weight is 329 g/mol. The third kappa shape index (κ3) is 6.10. The summed E-state index contributed by atoms with van der Waals surface area (Å²) >= 11 is 0. The summed E-state index contributed by atoms with van der Waals surface area (Å²) in [5, 5.41) is 0. The third-order valence-corrected chi connectivity index (χ3v) is 3.63. The van der Waals surface area contributed by atoms with E-state index in [1.54, 1.807) is 13.8 Å². The van der Waals surface area contributed by atoms with E-state index < -0.39 is 11.6 Å². The smallest absolute Gasteiger partial charge is 0.204 e. The van der Waals surface area contributed by atoms with Crippen molar-refractivity contribution in [3.63, 3.8) is 0 Å². The first kappa shape index (κ1) is 18.2. The molecule has 0 spiro atoms. The predicted octanol–water partition coefficient (Wildman–Crippen LogP) is 1.28. The van der Waals surface area contributed by atoms with Crippen LogP contribution in [-0.4, -0.2) is 68.4 Å². The van der Waals surface area contributed by atoms with Crippen LogP contribution in [-0.2, 0) is 28.5 Å². The second kappa shape index (κ2) is 7.61. The van der Waals surface area contributed by atoms with Gasteiger partial charge in [-0.15, -0.1) is 0 Å². The van der Waals surface area contributed by atoms with Gasteiger partial charge in [-0.1, -0.05) is 0 Å². The molecule has 0 N–H and O–H groups in total. The van der Waals surface area contributed by atoms with E-state index in [9.17, 15) is 4.79 Å². The number of Topliss-reactive ketones (excluding diaryl/α,β-unsaturated/α-hetero) is 1. The van der Waals surface area contributed by atoms with Crippen LogP contribution in [0.3, 0.4) is 0 Å². The van der Waals surface area contributed by atoms with E-state index in [4.69, 9.17) is 23.7 Å². The van der Waals surface area contributed by atoms with E-state index in [1.165, 1.54) is 0 Å². The van der Waals surface area contributed by atoms with Gasteiger partial charge in [0.15, 0.2) is 11.6 Å². The van der Waals surface area contributed by atoms with Crippen LogP contribution in [0.4, 0.5) is 0 Å². The van der Waals surface area contributed by atoms with E-state index in [0.29, 0.717) is 6.61 Å². The highest BCUT2D eigenvalue weighted by molar-refractivity contribution is 5.81. The van der Waals surface area contributed by atoms with Gasteiger partial charge in [-0.25, -0.2) is 0 Å². The molecule has 0 atom stereocenters. The number of carbonyl (C=O) groups excluding carboxylic acids is 1. The van der Waals surface area contributed by atoms with Crippen LogP contribution in [0.25, 0.3) is 0 Å². The SMILES string of the molecule is CC1(C)OC=C(N2CCOCC2)CO1.CC1(C)OCC(=O)CO1. The lowest BCUT2D eigenvalue weighted by atomic mass is 10.3. The van der Waals surface area contributed by atoms with Crippen molar-refractivity contribution in [2.75, 3.05) is 46.1 Å². The maximum Gasteiger partial charge on any atom is 0.204 e. The number of ether oxygens (including phenoxy) is 5. The molecule has 0 aliphatic carbocycles. The zero-order valence-electron chi connectivity index (χ0n) is 14.4. The van der Waals surface area contributed by atoms with Crippen LogP contribution in [0.5, 0.6) is 0 Å². The molecule has 3 aliphatic rings. The summed E-state index contributed by atoms with van der Waals surface area (Å²) in [6.45, 7) is 11.9. The van der Waals surface area contributed by atoms with Gasteiger partial charge in [-0.2, -0.15) is 0 Å². The number of nitrogens with zero attached hydrogens (tertiary/aromatic N) is 1. The van der Waals surface area contributed by atoms with Gasteiger partial charge in [0.1, 0.15) is 19.5 Å². The molecular weight excluding hydrogens is 302 g/mol. The Hall–Kier alpha value is -1.15. The Morgan fingerprint density at radius 1 is 0.913 bits per heavy atom. The minimum absolute atomic E-state index is 0.00863. The molecule has 0 unspecified atom stereocenters. The van der Waals surface area contributed by atoms with Crippen molar-refractivity contribution in [2.45, 2.75) is 39.3 Å². The van der Waals surface area contributed by atoms with Gasteiger partial charge in [0.2, 0.25) is 5.79 Å². The van der Waals surface area contributed by atoms with Gasteiger partial charge in [0.25, 0.3) is 0 Å². The molecule has 7 heteroatoms. The van der Waals surface area contributed by atoms with E-state index in [0.717, 1.165) is 32.0 Å². The highest BCUT2D eigenvalue weighted by Gasteiger charge is 2.27. The number of hydrogen-bond acceptors (Lipinski definition) is 7. The van der Waals surface area contributed by atoms with Crippen molar-refractivity contribution in [2.24, 2.45) is 0 Å². The molecule has 3 heterocycles. The Kier molecular flexibility index (Phi) is 6.02. The Labute approximate surface area is 137 Å². The Morgan fingerprint density at radius 2 is 1.48 bits per heavy atom. The summed E-state index contributed by atoms with van der Waals surface area (Å²) in [5.41, 5.74) is 1.12. The molecule has 2 fully saturated rings. The van der Waals surface area contributed by atoms with Crippen LogP contribution >= 0.6 is 0 Å². The molecule has 0 saturated carbocycles. The highest BCUT2D eigenvalue weighted by atomic mass is 16.7. The van der Waals surface area contributed by atoms with Gasteiger partial charge >= 0.3 is 0 Å². The van der Waals surface area contributed by atoms with E-state index in [-0.39, 0.29) is 19.0 Å². The molecular formula is C16H27NO6. The third-order valence-electron chi connectivity index (χ3n) is 3.63. The lowest BCUT2D eigenvalue weighted by Gasteiger charge is -2.36. The van der Waals surface area contributed by atoms with Gasteiger partial charge in [0, 0.05) is 26.9 Å². The number of hydrogen-bond donors (Lipinski definition) is 0. The second-order valence-electron chi connectivity index (χ2n) is 6.53. The topological polar surface area (TPSA) is 66.5 Å². The number of rotatable bonds is 1. The van der Waals surface area contributed by atoms with Crippen LogP contribution < -0.4 is 0 Å². The largest absolute Gasteiger partial charge is 0.469 e. The molecule has 0 radical (unpaired) electrons. The minimum Gasteiger partial charge on any atom is -0.469 e. The molecule has 7 nitrogen and oxygen atoms in total. The predicted molar refractivity (Wildman–Crippen MR) is 82.6 cm³/mol. The normalized spacial score (nSPS) is 26.5. The second-order valence-corrected chi connectivity index (χ2v) is 6.53. The number of carbonyl (C=O) groups is 1. The average Bonchev–Trinajstić information content (AvgIpc) is 2.52. The van der Waals surface area contributed by atoms with Crippen molar-refractivity contribution in [1.82, 2.24) is 4.90 Å². The fraction of sp³-hybridized carbons (Fsp3) is 0.812. The maximum atomic E-state index is 10.5. The Bertz CT molecular complexity index is 428. The highest BCUT2D eigenvalue weighted by Crippen LogP contribution is 2.21. The first-order chi connectivity index (χ1) is 10.8. The van der Waals surface area contributed by atoms with Crippen LogP contribution in [0, 0.1) is 0 Å². The Balaban J connectivity index is 0.000000185. The maximum absolute atomic E-state index is 10.5. The van der Waals surface area contributed by atoms with Gasteiger partial charge in [-0.05, 0) is 13.8 Å². The van der Waals surface area contributed by atoms with E-state index in [2.05, 4.69) is 4.90 Å². The summed E-state index contributed by atoms with van der Waals surface area (Å²) in [7, 11) is 0. The summed E-state index contributed by atoms with van der Waals surface area (Å²) < 4.78 is 26.3. The number of morpholine rings is 1. The van der Waals surface area contributed by atoms with Gasteiger partial charge in [0.05, 0.1) is 25.5 Å². The zero-order chi connectivity index (χ0) is 16.9. The molecule has 0 amide bonds. The van der Waals surface area contributed by atoms with Crippen molar-refractivity contribution in [3.8, 4) is 0 Å². The minimum atomic E-state index is -0.562. The standard InChI is InChI=1S/C10H17NO3.C6H10O3/c1-10(2)13-7-9(8-14-10)11-3-5-12-6-4-11;1-6(2)8-3-5(7)4-9-6/h7H,3-6,8H2,1-2H3;3-4H2,1-2H3. The molecule has 0 bridgehead atoms. The number of ketones is 1. The quantitative estimate of drug-likeness (QED) is 0.718. The van der Waals surface area contributed by atoms with Crippen LogP contribution in [0.2, 0.25) is 0 Å². The molecule has 23 heavy (non-hydrogen) atoms. The first-order valence-corrected chi connectivity index (χ1v) is 7.91. The fourth-order valence-electron chi connectivity index (χ4n) is 2.13. The van der Waals surface area contributed by atoms with Crippen molar-refractivity contribution >= 4 is 5.78 Å². The lowest BCUT2D eigenvalue weighted by Crippen LogP contribution is -2.41. The summed E-state index contributed by atoms with van der Waals surface area (Å²) in [4.78, 5) is 12.7. The summed E-state index contributed by atoms with van der Waals surface area (Å²) in [5.74, 6) is -1.03. The zero-order valence-corrected chi connectivity index (χ0v) is 14.4. The molecule has 0 aromatic rings. The lowest BCUT2D eigenvalue weighted by molar-refractivity contribution is -0.235. The molecule has 0 aromatic heterocycles. The fourth-order valence-corrected chi connectivity index (χ4v) is 2.13. The molecule has 3 aliphatic heterocycles. The molecule has 132 valence electrons. The summed E-state index contributed by atoms with van der Waals surface area (Å²) in [6.07, 6.45) is 1.81. The van der Waals surface area contributed by atoms with Crippen LogP contribution in [0.15, 0.2) is 12.0 Å². The Morgan fingerprint density at radius 3 is 1.96 bits per heavy atom. The van der Waals surface area contributed by atoms with Crippen molar-refractivity contribution in [1.29, 1.82) is 0 Å². The van der Waals surface area contributed by atoms with E-state index in [1.807, 2.05) is 20.1 Å². The van der Waals surface area contributed by atoms with E-state index >= 15 is 0 Å². The monoisotopic (exact) mass is 329 g/mol. The molecule has 2 saturated heterocycles. The van der Waals surface area contributed by atoms with Gasteiger partial charge < -0.3 is 28.6 Å². The molecule has 3 rings (SSSR count). The van der Waals surface area contributed by atoms with Crippen LogP contribution in [0.1, 0.15) is 27.7 Å². The first-order valence-electron chi connectivity index (χ1n) is 7.91. The van der Waals surface area contributed by atoms with Gasteiger partial charge in [-0.3, -0.25) is 4.79 Å².